The monoisotopic (exact) mass is 257 g/mol. The van der Waals surface area contributed by atoms with Gasteiger partial charge in [0.1, 0.15) is 0 Å². The Morgan fingerprint density at radius 2 is 2.31 bits per heavy atom. The van der Waals surface area contributed by atoms with E-state index in [0.717, 1.165) is 0 Å². The number of halogens is 1. The van der Waals surface area contributed by atoms with Gasteiger partial charge in [-0.3, -0.25) is 0 Å². The van der Waals surface area contributed by atoms with E-state index in [1.165, 1.54) is 34.5 Å². The van der Waals surface area contributed by atoms with Crippen molar-refractivity contribution in [2.45, 2.75) is 25.3 Å². The molecule has 1 saturated heterocycles. The lowest BCUT2D eigenvalue weighted by Crippen LogP contribution is -2.59. The Labute approximate surface area is 90.7 Å². The van der Waals surface area contributed by atoms with Crippen LogP contribution in [0.2, 0.25) is 0 Å². The zero-order valence-electron chi connectivity index (χ0n) is 7.35. The molecule has 1 unspecified atom stereocenters. The summed E-state index contributed by atoms with van der Waals surface area (Å²) < 4.78 is 1.26. The van der Waals surface area contributed by atoms with Gasteiger partial charge in [-0.05, 0) is 40.9 Å². The topological polar surface area (TPSA) is 12.0 Å². The Kier molecular flexibility index (Phi) is 1.83. The van der Waals surface area contributed by atoms with Crippen LogP contribution in [-0.2, 0) is 0 Å². The molecule has 1 aliphatic carbocycles. The van der Waals surface area contributed by atoms with Crippen molar-refractivity contribution in [2.75, 3.05) is 6.54 Å². The Morgan fingerprint density at radius 1 is 1.46 bits per heavy atom. The molecule has 1 aromatic heterocycles. The van der Waals surface area contributed by atoms with Gasteiger partial charge in [-0.1, -0.05) is 6.42 Å². The molecule has 1 aliphatic heterocycles. The highest BCUT2D eigenvalue weighted by molar-refractivity contribution is 9.11. The molecule has 2 aliphatic rings. The van der Waals surface area contributed by atoms with Crippen LogP contribution in [0.1, 0.15) is 30.2 Å². The van der Waals surface area contributed by atoms with Gasteiger partial charge in [0.2, 0.25) is 0 Å². The molecule has 2 fully saturated rings. The van der Waals surface area contributed by atoms with E-state index >= 15 is 0 Å². The van der Waals surface area contributed by atoms with Crippen molar-refractivity contribution in [3.8, 4) is 0 Å². The molecular formula is C10H12BrNS. The van der Waals surface area contributed by atoms with Crippen LogP contribution >= 0.6 is 27.3 Å². The van der Waals surface area contributed by atoms with Gasteiger partial charge in [-0.15, -0.1) is 11.3 Å². The average molecular weight is 258 g/mol. The van der Waals surface area contributed by atoms with E-state index in [2.05, 4.69) is 33.4 Å². The summed E-state index contributed by atoms with van der Waals surface area (Å²) in [5.41, 5.74) is 0.657. The Bertz CT molecular complexity index is 324. The summed E-state index contributed by atoms with van der Waals surface area (Å²) in [7, 11) is 0. The molecule has 0 aromatic carbocycles. The van der Waals surface area contributed by atoms with Crippen LogP contribution in [0.25, 0.3) is 0 Å². The quantitative estimate of drug-likeness (QED) is 0.814. The van der Waals surface area contributed by atoms with Crippen molar-refractivity contribution in [3.63, 3.8) is 0 Å². The lowest BCUT2D eigenvalue weighted by atomic mass is 9.59. The Balaban J connectivity index is 1.86. The smallest absolute Gasteiger partial charge is 0.0701 e. The third-order valence-electron chi connectivity index (χ3n) is 3.50. The van der Waals surface area contributed by atoms with E-state index in [9.17, 15) is 0 Å². The number of nitrogens with one attached hydrogen (secondary N) is 1. The minimum Gasteiger partial charge on any atom is -0.308 e. The predicted octanol–water partition coefficient (Wildman–Crippen LogP) is 3.33. The second-order valence-corrected chi connectivity index (χ2v) is 6.67. The maximum atomic E-state index is 3.56. The molecule has 1 saturated carbocycles. The van der Waals surface area contributed by atoms with Gasteiger partial charge >= 0.3 is 0 Å². The van der Waals surface area contributed by atoms with E-state index in [0.29, 0.717) is 11.5 Å². The highest BCUT2D eigenvalue weighted by atomic mass is 79.9. The summed E-state index contributed by atoms with van der Waals surface area (Å²) in [5, 5.41) is 3.56. The summed E-state index contributed by atoms with van der Waals surface area (Å²) in [4.78, 5) is 1.51. The maximum absolute atomic E-state index is 3.56. The van der Waals surface area contributed by atoms with Crippen molar-refractivity contribution >= 4 is 27.3 Å². The standard InChI is InChI=1S/C10H12BrNS/c11-8-3-2-7(13-8)9-10(6-12-9)4-1-5-10/h2-3,9,12H,1,4-6H2. The average Bonchev–Trinajstić information content (AvgIpc) is 2.30. The zero-order chi connectivity index (χ0) is 8.89. The molecule has 0 amide bonds. The first-order chi connectivity index (χ1) is 6.30. The van der Waals surface area contributed by atoms with Gasteiger partial charge in [0.15, 0.2) is 0 Å². The fourth-order valence-electron chi connectivity index (χ4n) is 2.47. The van der Waals surface area contributed by atoms with Gasteiger partial charge in [-0.2, -0.15) is 0 Å². The number of rotatable bonds is 1. The molecule has 70 valence electrons. The third kappa shape index (κ3) is 1.14. The minimum atomic E-state index is 0.657. The van der Waals surface area contributed by atoms with E-state index < -0.39 is 0 Å². The highest BCUT2D eigenvalue weighted by Crippen LogP contribution is 2.56. The lowest BCUT2D eigenvalue weighted by molar-refractivity contribution is -0.00384. The second kappa shape index (κ2) is 2.81. The number of thiophene rings is 1. The molecule has 1 spiro atoms. The Hall–Kier alpha value is 0.140. The molecule has 1 aromatic rings. The van der Waals surface area contributed by atoms with Gasteiger partial charge in [0, 0.05) is 22.9 Å². The van der Waals surface area contributed by atoms with E-state index in [1.807, 2.05) is 11.3 Å². The summed E-state index contributed by atoms with van der Waals surface area (Å²) >= 11 is 5.40. The van der Waals surface area contributed by atoms with Crippen molar-refractivity contribution in [1.29, 1.82) is 0 Å². The summed E-state index contributed by atoms with van der Waals surface area (Å²) in [6.07, 6.45) is 4.30. The largest absolute Gasteiger partial charge is 0.308 e. The van der Waals surface area contributed by atoms with Crippen LogP contribution in [0.5, 0.6) is 0 Å². The molecule has 3 heteroatoms. The van der Waals surface area contributed by atoms with Crippen LogP contribution < -0.4 is 5.32 Å². The zero-order valence-corrected chi connectivity index (χ0v) is 9.75. The molecule has 1 N–H and O–H groups in total. The van der Waals surface area contributed by atoms with Crippen molar-refractivity contribution < 1.29 is 0 Å². The first-order valence-electron chi connectivity index (χ1n) is 4.79. The molecule has 2 heterocycles. The molecule has 13 heavy (non-hydrogen) atoms. The van der Waals surface area contributed by atoms with Crippen LogP contribution in [0.4, 0.5) is 0 Å². The fraction of sp³-hybridized carbons (Fsp3) is 0.600. The van der Waals surface area contributed by atoms with Crippen LogP contribution in [-0.4, -0.2) is 6.54 Å². The molecule has 0 radical (unpaired) electrons. The van der Waals surface area contributed by atoms with Crippen molar-refractivity contribution in [3.05, 3.63) is 20.8 Å². The number of hydrogen-bond donors (Lipinski definition) is 1. The van der Waals surface area contributed by atoms with Gasteiger partial charge in [-0.25, -0.2) is 0 Å². The van der Waals surface area contributed by atoms with Crippen LogP contribution in [0.3, 0.4) is 0 Å². The van der Waals surface area contributed by atoms with E-state index in [-0.39, 0.29) is 0 Å². The highest BCUT2D eigenvalue weighted by Gasteiger charge is 2.51. The molecule has 0 bridgehead atoms. The fourth-order valence-corrected chi connectivity index (χ4v) is 4.12. The molecule has 3 rings (SSSR count). The van der Waals surface area contributed by atoms with Gasteiger partial charge < -0.3 is 5.32 Å². The van der Waals surface area contributed by atoms with Crippen LogP contribution in [0.15, 0.2) is 15.9 Å². The van der Waals surface area contributed by atoms with Crippen molar-refractivity contribution in [2.24, 2.45) is 5.41 Å². The van der Waals surface area contributed by atoms with Crippen LogP contribution in [0, 0.1) is 5.41 Å². The summed E-state index contributed by atoms with van der Waals surface area (Å²) in [6, 6.07) is 5.08. The van der Waals surface area contributed by atoms with Crippen molar-refractivity contribution in [1.82, 2.24) is 5.32 Å². The minimum absolute atomic E-state index is 0.657. The Morgan fingerprint density at radius 3 is 2.69 bits per heavy atom. The van der Waals surface area contributed by atoms with E-state index in [1.54, 1.807) is 0 Å². The summed E-state index contributed by atoms with van der Waals surface area (Å²) in [6.45, 7) is 1.24. The molecule has 1 atom stereocenters. The first-order valence-corrected chi connectivity index (χ1v) is 6.40. The predicted molar refractivity (Wildman–Crippen MR) is 59.0 cm³/mol. The normalized spacial score (nSPS) is 29.8. The third-order valence-corrected chi connectivity index (χ3v) is 5.19. The SMILES string of the molecule is Brc1ccc(C2NCC23CCC3)s1. The molecule has 1 nitrogen and oxygen atoms in total. The first kappa shape index (κ1) is 8.45. The van der Waals surface area contributed by atoms with Gasteiger partial charge in [0.25, 0.3) is 0 Å². The second-order valence-electron chi connectivity index (χ2n) is 4.17. The maximum Gasteiger partial charge on any atom is 0.0701 e. The lowest BCUT2D eigenvalue weighted by Gasteiger charge is -2.56. The number of hydrogen-bond acceptors (Lipinski definition) is 2. The molecular weight excluding hydrogens is 246 g/mol. The van der Waals surface area contributed by atoms with E-state index in [4.69, 9.17) is 0 Å². The summed E-state index contributed by atoms with van der Waals surface area (Å²) in [5.74, 6) is 0. The van der Waals surface area contributed by atoms with Gasteiger partial charge in [0.05, 0.1) is 3.79 Å².